The molecule has 1 atom stereocenters. The van der Waals surface area contributed by atoms with Crippen molar-refractivity contribution >= 4 is 5.96 Å². The number of ether oxygens (including phenoxy) is 1. The van der Waals surface area contributed by atoms with E-state index in [1.54, 1.807) is 0 Å². The minimum Gasteiger partial charge on any atom is -0.378 e. The van der Waals surface area contributed by atoms with E-state index < -0.39 is 0 Å². The quantitative estimate of drug-likeness (QED) is 0.568. The zero-order valence-electron chi connectivity index (χ0n) is 14.7. The Labute approximate surface area is 139 Å². The van der Waals surface area contributed by atoms with Gasteiger partial charge in [0.1, 0.15) is 5.76 Å². The third-order valence-electron chi connectivity index (χ3n) is 4.13. The molecule has 130 valence electrons. The molecule has 1 unspecified atom stereocenters. The smallest absolute Gasteiger partial charge is 0.191 e. The van der Waals surface area contributed by atoms with E-state index in [4.69, 9.17) is 14.3 Å². The van der Waals surface area contributed by atoms with Gasteiger partial charge in [0, 0.05) is 31.7 Å². The molecular weight excluding hydrogens is 292 g/mol. The molecule has 23 heavy (non-hydrogen) atoms. The highest BCUT2D eigenvalue weighted by atomic mass is 16.5. The fraction of sp³-hybridized carbons (Fsp3) is 0.765. The molecule has 1 fully saturated rings. The van der Waals surface area contributed by atoms with Crippen molar-refractivity contribution in [2.45, 2.75) is 65.5 Å². The molecule has 1 aliphatic rings. The molecule has 0 saturated carbocycles. The van der Waals surface area contributed by atoms with Gasteiger partial charge in [-0.1, -0.05) is 19.0 Å². The van der Waals surface area contributed by atoms with Crippen LogP contribution in [0, 0.1) is 0 Å². The molecule has 1 aromatic heterocycles. The maximum atomic E-state index is 5.65. The van der Waals surface area contributed by atoms with E-state index >= 15 is 0 Å². The first-order valence-corrected chi connectivity index (χ1v) is 8.88. The molecule has 1 saturated heterocycles. The Bertz CT molecular complexity index is 471. The van der Waals surface area contributed by atoms with Crippen LogP contribution in [-0.2, 0) is 24.1 Å². The summed E-state index contributed by atoms with van der Waals surface area (Å²) >= 11 is 0. The molecule has 6 nitrogen and oxygen atoms in total. The lowest BCUT2D eigenvalue weighted by atomic mass is 10.1. The number of aryl methyl sites for hydroxylation is 2. The summed E-state index contributed by atoms with van der Waals surface area (Å²) in [6.45, 7) is 9.48. The molecule has 1 aliphatic heterocycles. The predicted octanol–water partition coefficient (Wildman–Crippen LogP) is 2.42. The minimum atomic E-state index is 0.404. The highest BCUT2D eigenvalue weighted by Crippen LogP contribution is 2.17. The highest BCUT2D eigenvalue weighted by Gasteiger charge is 2.15. The minimum absolute atomic E-state index is 0.404. The van der Waals surface area contributed by atoms with Crippen LogP contribution in [0.1, 0.15) is 57.1 Å². The van der Waals surface area contributed by atoms with Gasteiger partial charge in [0.15, 0.2) is 5.96 Å². The zero-order valence-corrected chi connectivity index (χ0v) is 14.7. The number of rotatable bonds is 8. The number of nitrogens with zero attached hydrogens (tertiary/aromatic N) is 2. The molecule has 0 spiro atoms. The lowest BCUT2D eigenvalue weighted by Crippen LogP contribution is -2.38. The molecule has 6 heteroatoms. The number of hydrogen-bond acceptors (Lipinski definition) is 4. The van der Waals surface area contributed by atoms with Crippen molar-refractivity contribution in [1.82, 2.24) is 15.8 Å². The molecular formula is C17H30N4O2. The van der Waals surface area contributed by atoms with Crippen molar-refractivity contribution in [2.24, 2.45) is 4.99 Å². The summed E-state index contributed by atoms with van der Waals surface area (Å²) in [5.74, 6) is 1.79. The van der Waals surface area contributed by atoms with Crippen molar-refractivity contribution in [3.8, 4) is 0 Å². The van der Waals surface area contributed by atoms with Crippen LogP contribution < -0.4 is 10.6 Å². The Kier molecular flexibility index (Phi) is 7.39. The van der Waals surface area contributed by atoms with Crippen LogP contribution >= 0.6 is 0 Å². The summed E-state index contributed by atoms with van der Waals surface area (Å²) in [4.78, 5) is 4.69. The molecule has 2 rings (SSSR count). The van der Waals surface area contributed by atoms with Crippen molar-refractivity contribution in [1.29, 1.82) is 0 Å². The summed E-state index contributed by atoms with van der Waals surface area (Å²) in [5.41, 5.74) is 2.15. The first-order valence-electron chi connectivity index (χ1n) is 8.88. The van der Waals surface area contributed by atoms with Crippen LogP contribution in [0.5, 0.6) is 0 Å². The summed E-state index contributed by atoms with van der Waals surface area (Å²) < 4.78 is 11.1. The maximum Gasteiger partial charge on any atom is 0.191 e. The third kappa shape index (κ3) is 5.23. The van der Waals surface area contributed by atoms with E-state index in [-0.39, 0.29) is 0 Å². The lowest BCUT2D eigenvalue weighted by Gasteiger charge is -2.13. The molecule has 2 N–H and O–H groups in total. The van der Waals surface area contributed by atoms with Gasteiger partial charge in [-0.2, -0.15) is 0 Å². The van der Waals surface area contributed by atoms with Crippen LogP contribution in [-0.4, -0.2) is 36.9 Å². The SMILES string of the molecule is CCNC(=NCc1c(CC)noc1CC)NCCC1CCCO1. The molecule has 0 aliphatic carbocycles. The van der Waals surface area contributed by atoms with Crippen LogP contribution in [0.2, 0.25) is 0 Å². The number of guanidine groups is 1. The summed E-state index contributed by atoms with van der Waals surface area (Å²) in [6, 6.07) is 0. The third-order valence-corrected chi connectivity index (χ3v) is 4.13. The summed E-state index contributed by atoms with van der Waals surface area (Å²) in [5, 5.41) is 10.8. The van der Waals surface area contributed by atoms with E-state index in [1.807, 2.05) is 0 Å². The summed E-state index contributed by atoms with van der Waals surface area (Å²) in [7, 11) is 0. The molecule has 0 radical (unpaired) electrons. The van der Waals surface area contributed by atoms with Gasteiger partial charge >= 0.3 is 0 Å². The fourth-order valence-electron chi connectivity index (χ4n) is 2.84. The van der Waals surface area contributed by atoms with Crippen LogP contribution in [0.15, 0.2) is 9.52 Å². The molecule has 0 aromatic carbocycles. The topological polar surface area (TPSA) is 71.7 Å². The van der Waals surface area contributed by atoms with Crippen molar-refractivity contribution in [3.63, 3.8) is 0 Å². The number of hydrogen-bond donors (Lipinski definition) is 2. The number of aliphatic imine (C=N–C) groups is 1. The average Bonchev–Trinajstić information content (AvgIpc) is 3.21. The Morgan fingerprint density at radius 2 is 2.13 bits per heavy atom. The van der Waals surface area contributed by atoms with E-state index in [0.29, 0.717) is 12.6 Å². The second-order valence-corrected chi connectivity index (χ2v) is 5.78. The lowest BCUT2D eigenvalue weighted by molar-refractivity contribution is 0.105. The number of nitrogens with one attached hydrogen (secondary N) is 2. The second-order valence-electron chi connectivity index (χ2n) is 5.78. The highest BCUT2D eigenvalue weighted by molar-refractivity contribution is 5.79. The second kappa shape index (κ2) is 9.55. The fourth-order valence-corrected chi connectivity index (χ4v) is 2.84. The Morgan fingerprint density at radius 1 is 1.26 bits per heavy atom. The van der Waals surface area contributed by atoms with Gasteiger partial charge in [0.05, 0.1) is 18.3 Å². The van der Waals surface area contributed by atoms with Crippen molar-refractivity contribution in [3.05, 3.63) is 17.0 Å². The predicted molar refractivity (Wildman–Crippen MR) is 91.7 cm³/mol. The van der Waals surface area contributed by atoms with E-state index in [1.165, 1.54) is 12.8 Å². The normalized spacial score (nSPS) is 18.4. The maximum absolute atomic E-state index is 5.65. The molecule has 1 aromatic rings. The van der Waals surface area contributed by atoms with Gasteiger partial charge in [-0.25, -0.2) is 4.99 Å². The van der Waals surface area contributed by atoms with Crippen LogP contribution in [0.3, 0.4) is 0 Å². The molecule has 2 heterocycles. The van der Waals surface area contributed by atoms with Gasteiger partial charge in [0.25, 0.3) is 0 Å². The van der Waals surface area contributed by atoms with Crippen molar-refractivity contribution < 1.29 is 9.26 Å². The van der Waals surface area contributed by atoms with Gasteiger partial charge in [0.2, 0.25) is 0 Å². The van der Waals surface area contributed by atoms with E-state index in [2.05, 4.69) is 36.6 Å². The Morgan fingerprint density at radius 3 is 2.78 bits per heavy atom. The number of aromatic nitrogens is 1. The van der Waals surface area contributed by atoms with Gasteiger partial charge < -0.3 is 19.9 Å². The standard InChI is InChI=1S/C17H30N4O2/c1-4-15-14(16(5-2)23-21-15)12-20-17(18-6-3)19-10-9-13-8-7-11-22-13/h13H,4-12H2,1-3H3,(H2,18,19,20). The van der Waals surface area contributed by atoms with Gasteiger partial charge in [-0.05, 0) is 32.6 Å². The van der Waals surface area contributed by atoms with E-state index in [0.717, 1.165) is 61.9 Å². The van der Waals surface area contributed by atoms with Gasteiger partial charge in [-0.3, -0.25) is 0 Å². The monoisotopic (exact) mass is 322 g/mol. The Balaban J connectivity index is 1.90. The van der Waals surface area contributed by atoms with Crippen LogP contribution in [0.25, 0.3) is 0 Å². The first kappa shape index (κ1) is 17.8. The summed E-state index contributed by atoms with van der Waals surface area (Å²) in [6.07, 6.45) is 5.51. The Hall–Kier alpha value is -1.56. The zero-order chi connectivity index (χ0) is 16.5. The van der Waals surface area contributed by atoms with Crippen molar-refractivity contribution in [2.75, 3.05) is 19.7 Å². The van der Waals surface area contributed by atoms with E-state index in [9.17, 15) is 0 Å². The molecule has 0 bridgehead atoms. The van der Waals surface area contributed by atoms with Crippen LogP contribution in [0.4, 0.5) is 0 Å². The molecule has 0 amide bonds. The average molecular weight is 322 g/mol. The first-order chi connectivity index (χ1) is 11.3. The largest absolute Gasteiger partial charge is 0.378 e. The van der Waals surface area contributed by atoms with Gasteiger partial charge in [-0.15, -0.1) is 0 Å².